The van der Waals surface area contributed by atoms with E-state index in [0.717, 1.165) is 0 Å². The van der Waals surface area contributed by atoms with Crippen LogP contribution in [0.4, 0.5) is 0 Å². The number of guanidine groups is 1. The second kappa shape index (κ2) is 23.8. The highest BCUT2D eigenvalue weighted by molar-refractivity contribution is 7.98. The van der Waals surface area contributed by atoms with E-state index in [4.69, 9.17) is 17.2 Å². The molecule has 21 heteroatoms. The molecule has 0 spiro atoms. The molecule has 1 aliphatic rings. The van der Waals surface area contributed by atoms with Crippen LogP contribution in [0.25, 0.3) is 0 Å². The zero-order valence-corrected chi connectivity index (χ0v) is 32.7. The highest BCUT2D eigenvalue weighted by atomic mass is 32.2. The predicted molar refractivity (Wildman–Crippen MR) is 204 cm³/mol. The predicted octanol–water partition coefficient (Wildman–Crippen LogP) is -3.00. The molecule has 0 unspecified atom stereocenters. The summed E-state index contributed by atoms with van der Waals surface area (Å²) in [6.07, 6.45) is 1.89. The Morgan fingerprint density at radius 3 is 2.06 bits per heavy atom. The topological polar surface area (TPSA) is 314 Å². The van der Waals surface area contributed by atoms with E-state index >= 15 is 0 Å². The summed E-state index contributed by atoms with van der Waals surface area (Å²) in [5, 5.41) is 32.4. The van der Waals surface area contributed by atoms with E-state index in [0.29, 0.717) is 18.6 Å². The summed E-state index contributed by atoms with van der Waals surface area (Å²) in [6.45, 7) is 6.63. The van der Waals surface area contributed by atoms with E-state index in [-0.39, 0.29) is 56.4 Å². The number of carboxylic acid groups (broad SMARTS) is 1. The van der Waals surface area contributed by atoms with Gasteiger partial charge in [-0.05, 0) is 70.3 Å². The number of nitrogens with two attached hydrogens (primary N) is 3. The molecule has 19 nitrogen and oxygen atoms in total. The average molecular weight is 791 g/mol. The third-order valence-electron chi connectivity index (χ3n) is 8.32. The van der Waals surface area contributed by atoms with Crippen molar-refractivity contribution in [1.29, 1.82) is 0 Å². The number of carboxylic acids is 1. The summed E-state index contributed by atoms with van der Waals surface area (Å²) in [5.74, 6) is -5.41. The summed E-state index contributed by atoms with van der Waals surface area (Å²) in [7, 11) is 0. The fraction of sp³-hybridized carbons (Fsp3) is 0.750. The van der Waals surface area contributed by atoms with Crippen LogP contribution in [-0.4, -0.2) is 142 Å². The van der Waals surface area contributed by atoms with Crippen molar-refractivity contribution < 1.29 is 43.8 Å². The van der Waals surface area contributed by atoms with Crippen molar-refractivity contribution in [3.8, 4) is 0 Å². The average Bonchev–Trinajstić information content (AvgIpc) is 3.58. The molecule has 6 amide bonds. The van der Waals surface area contributed by atoms with E-state index < -0.39 is 89.8 Å². The van der Waals surface area contributed by atoms with Gasteiger partial charge in [0.1, 0.15) is 36.3 Å². The molecule has 1 aliphatic heterocycles. The number of hydrogen-bond donors (Lipinski definition) is 11. The molecule has 0 saturated carbocycles. The summed E-state index contributed by atoms with van der Waals surface area (Å²) in [4.78, 5) is 96.3. The van der Waals surface area contributed by atoms with Crippen LogP contribution in [0.2, 0.25) is 0 Å². The first-order chi connectivity index (χ1) is 24.8. The first-order valence-corrected chi connectivity index (χ1v) is 19.5. The van der Waals surface area contributed by atoms with Gasteiger partial charge in [0.05, 0.1) is 12.1 Å². The number of carbonyl (C=O) groups is 7. The monoisotopic (exact) mass is 790 g/mol. The van der Waals surface area contributed by atoms with Gasteiger partial charge >= 0.3 is 5.97 Å². The fourth-order valence-corrected chi connectivity index (χ4v) is 6.17. The molecule has 1 saturated heterocycles. The SMILES string of the molecule is CSCC[C@H](N)C(=O)N[C@@H](C)C(=O)N1CCC[C@H]1C(=O)N[C@@H](CCCN=C(N)N)C(=O)N[C@H](C(=O)N[C@@H](CC(C)C)C(=O)N[C@@H](CS)C(=O)O)[C@@H](C)O. The van der Waals surface area contributed by atoms with Gasteiger partial charge < -0.3 is 58.9 Å². The Hall–Kier alpha value is -3.82. The van der Waals surface area contributed by atoms with Crippen LogP contribution in [0.1, 0.15) is 66.2 Å². The van der Waals surface area contributed by atoms with Crippen LogP contribution in [0.15, 0.2) is 4.99 Å². The minimum Gasteiger partial charge on any atom is -0.480 e. The number of aliphatic hydroxyl groups excluding tert-OH is 1. The molecular formula is C32H58N10O9S2. The molecule has 1 rings (SSSR count). The summed E-state index contributed by atoms with van der Waals surface area (Å²) >= 11 is 5.48. The van der Waals surface area contributed by atoms with Gasteiger partial charge in [-0.2, -0.15) is 24.4 Å². The number of hydrogen-bond acceptors (Lipinski definition) is 12. The van der Waals surface area contributed by atoms with Gasteiger partial charge in [0, 0.05) is 18.8 Å². The zero-order valence-electron chi connectivity index (χ0n) is 31.0. The number of thiol groups is 1. The van der Waals surface area contributed by atoms with Gasteiger partial charge in [-0.3, -0.25) is 33.8 Å². The van der Waals surface area contributed by atoms with Crippen LogP contribution in [0.3, 0.4) is 0 Å². The Labute approximate surface area is 319 Å². The summed E-state index contributed by atoms with van der Waals surface area (Å²) < 4.78 is 0. The molecule has 8 atom stereocenters. The van der Waals surface area contributed by atoms with Crippen molar-refractivity contribution in [2.75, 3.05) is 30.9 Å². The van der Waals surface area contributed by atoms with E-state index in [2.05, 4.69) is 44.2 Å². The molecule has 0 radical (unpaired) electrons. The van der Waals surface area contributed by atoms with Crippen LogP contribution in [0.5, 0.6) is 0 Å². The smallest absolute Gasteiger partial charge is 0.327 e. The third kappa shape index (κ3) is 16.4. The highest BCUT2D eigenvalue weighted by Gasteiger charge is 2.39. The lowest BCUT2D eigenvalue weighted by molar-refractivity contribution is -0.142. The normalized spacial score (nSPS) is 18.0. The molecule has 0 aromatic heterocycles. The lowest BCUT2D eigenvalue weighted by atomic mass is 10.0. The number of likely N-dealkylation sites (tertiary alicyclic amines) is 1. The van der Waals surface area contributed by atoms with Crippen LogP contribution in [-0.2, 0) is 33.6 Å². The van der Waals surface area contributed by atoms with Crippen molar-refractivity contribution in [2.45, 2.75) is 115 Å². The Morgan fingerprint density at radius 2 is 1.51 bits per heavy atom. The minimum absolute atomic E-state index is 0.0117. The molecule has 13 N–H and O–H groups in total. The van der Waals surface area contributed by atoms with Crippen molar-refractivity contribution in [2.24, 2.45) is 28.1 Å². The molecular weight excluding hydrogens is 733 g/mol. The number of thioether (sulfide) groups is 1. The van der Waals surface area contributed by atoms with Crippen molar-refractivity contribution in [1.82, 2.24) is 31.5 Å². The minimum atomic E-state index is -1.60. The number of carbonyl (C=O) groups excluding carboxylic acids is 6. The number of aliphatic imine (C=N–C) groups is 1. The molecule has 302 valence electrons. The van der Waals surface area contributed by atoms with Crippen LogP contribution >= 0.6 is 24.4 Å². The molecule has 0 aliphatic carbocycles. The van der Waals surface area contributed by atoms with Gasteiger partial charge in [0.25, 0.3) is 0 Å². The second-order valence-electron chi connectivity index (χ2n) is 13.3. The molecule has 0 aromatic rings. The maximum atomic E-state index is 13.7. The van der Waals surface area contributed by atoms with Gasteiger partial charge in [-0.15, -0.1) is 0 Å². The van der Waals surface area contributed by atoms with E-state index in [1.807, 2.05) is 6.26 Å². The summed E-state index contributed by atoms with van der Waals surface area (Å²) in [5.41, 5.74) is 16.8. The van der Waals surface area contributed by atoms with E-state index in [1.165, 1.54) is 30.5 Å². The number of nitrogens with zero attached hydrogens (tertiary/aromatic N) is 2. The Morgan fingerprint density at radius 1 is 0.887 bits per heavy atom. The van der Waals surface area contributed by atoms with Crippen molar-refractivity contribution in [3.05, 3.63) is 0 Å². The number of amides is 6. The number of nitrogens with one attached hydrogen (secondary N) is 5. The number of rotatable bonds is 23. The van der Waals surface area contributed by atoms with Gasteiger partial charge in [0.15, 0.2) is 5.96 Å². The first kappa shape index (κ1) is 47.2. The zero-order chi connectivity index (χ0) is 40.4. The number of aliphatic carboxylic acids is 1. The Balaban J connectivity index is 3.19. The molecule has 1 heterocycles. The van der Waals surface area contributed by atoms with Crippen molar-refractivity contribution >= 4 is 71.8 Å². The quantitative estimate of drug-likeness (QED) is 0.0213. The summed E-state index contributed by atoms with van der Waals surface area (Å²) in [6, 6.07) is -8.18. The van der Waals surface area contributed by atoms with Crippen LogP contribution in [0, 0.1) is 5.92 Å². The van der Waals surface area contributed by atoms with Gasteiger partial charge in [-0.25, -0.2) is 4.79 Å². The third-order valence-corrected chi connectivity index (χ3v) is 9.32. The van der Waals surface area contributed by atoms with E-state index in [9.17, 15) is 43.8 Å². The fourth-order valence-electron chi connectivity index (χ4n) is 5.43. The van der Waals surface area contributed by atoms with Crippen LogP contribution < -0.4 is 43.8 Å². The molecule has 0 aromatic carbocycles. The molecule has 53 heavy (non-hydrogen) atoms. The lowest BCUT2D eigenvalue weighted by Crippen LogP contribution is -2.61. The highest BCUT2D eigenvalue weighted by Crippen LogP contribution is 2.19. The Bertz CT molecular complexity index is 1300. The largest absolute Gasteiger partial charge is 0.480 e. The van der Waals surface area contributed by atoms with Gasteiger partial charge in [-0.1, -0.05) is 13.8 Å². The maximum Gasteiger partial charge on any atom is 0.327 e. The Kier molecular flexibility index (Phi) is 21.2. The van der Waals surface area contributed by atoms with Crippen molar-refractivity contribution in [3.63, 3.8) is 0 Å². The maximum absolute atomic E-state index is 13.7. The molecule has 0 bridgehead atoms. The van der Waals surface area contributed by atoms with Gasteiger partial charge in [0.2, 0.25) is 35.4 Å². The lowest BCUT2D eigenvalue weighted by Gasteiger charge is -2.30. The van der Waals surface area contributed by atoms with E-state index in [1.54, 1.807) is 13.8 Å². The first-order valence-electron chi connectivity index (χ1n) is 17.5. The standard InChI is InChI=1S/C32H58N10O9S2/c1-16(2)14-21(27(46)40-22(15-52)31(50)51)39-29(48)24(18(4)43)41-26(45)20(8-6-11-36-32(34)35)38-28(47)23-9-7-12-42(23)30(49)17(3)37-25(44)19(33)10-13-53-5/h16-24,43,52H,6-15,33H2,1-5H3,(H,37,44)(H,38,47)(H,39,48)(H,40,46)(H,41,45)(H,50,51)(H4,34,35,36)/t17-,18+,19-,20-,21-,22-,23-,24-/m0/s1. The second-order valence-corrected chi connectivity index (χ2v) is 14.7. The molecule has 1 fully saturated rings. The number of aliphatic hydroxyl groups is 1.